The molecule has 6 aromatic carbocycles. The standard InChI is InChI=1S/C37H28BF2N3O/c39-38(40)41(30-23-25-35(26-24-30)42(31-13-5-1-6-14-31)32-15-7-2-8-16-32)28-29-21-22-36(27-37(29)44-38)43(33-17-9-3-10-18-33)34-19-11-4-12-20-34/h1-28H. The molecule has 0 radical (unpaired) electrons. The minimum absolute atomic E-state index is 0.136. The number of para-hydroxylation sites is 4. The van der Waals surface area contributed by atoms with E-state index in [1.54, 1.807) is 18.2 Å². The first-order valence-corrected chi connectivity index (χ1v) is 14.4. The van der Waals surface area contributed by atoms with Gasteiger partial charge in [-0.25, -0.2) is 0 Å². The summed E-state index contributed by atoms with van der Waals surface area (Å²) in [5.41, 5.74) is 6.26. The molecule has 0 aromatic heterocycles. The van der Waals surface area contributed by atoms with Crippen molar-refractivity contribution < 1.29 is 17.8 Å². The predicted molar refractivity (Wildman–Crippen MR) is 176 cm³/mol. The molecular formula is C37H28BF2N3O. The molecule has 7 rings (SSSR count). The Hall–Kier alpha value is -5.69. The fourth-order valence-electron chi connectivity index (χ4n) is 5.54. The highest BCUT2D eigenvalue weighted by Crippen LogP contribution is 2.40. The molecule has 0 unspecified atom stereocenters. The lowest BCUT2D eigenvalue weighted by Gasteiger charge is -2.31. The minimum Gasteiger partial charge on any atom is -0.599 e. The monoisotopic (exact) mass is 579 g/mol. The maximum Gasteiger partial charge on any atom is 0.834 e. The number of fused-ring (bicyclic) bond motifs is 1. The van der Waals surface area contributed by atoms with Crippen LogP contribution in [0, 0.1) is 0 Å². The first-order chi connectivity index (χ1) is 21.6. The lowest BCUT2D eigenvalue weighted by molar-refractivity contribution is -0.343. The Morgan fingerprint density at radius 2 is 0.841 bits per heavy atom. The van der Waals surface area contributed by atoms with Crippen LogP contribution in [-0.4, -0.2) is 17.7 Å². The van der Waals surface area contributed by atoms with Crippen molar-refractivity contribution in [3.8, 4) is 5.75 Å². The third-order valence-electron chi connectivity index (χ3n) is 7.59. The molecule has 0 amide bonds. The van der Waals surface area contributed by atoms with E-state index in [4.69, 9.17) is 4.65 Å². The van der Waals surface area contributed by atoms with Gasteiger partial charge in [0.2, 0.25) is 0 Å². The maximum atomic E-state index is 15.7. The molecule has 7 heteroatoms. The van der Waals surface area contributed by atoms with Gasteiger partial charge in [0, 0.05) is 52.3 Å². The lowest BCUT2D eigenvalue weighted by Crippen LogP contribution is -2.46. The van der Waals surface area contributed by atoms with Crippen molar-refractivity contribution in [2.75, 3.05) is 9.80 Å². The van der Waals surface area contributed by atoms with E-state index in [9.17, 15) is 0 Å². The molecule has 0 atom stereocenters. The van der Waals surface area contributed by atoms with E-state index < -0.39 is 7.04 Å². The van der Waals surface area contributed by atoms with Gasteiger partial charge in [0.25, 0.3) is 0 Å². The highest BCUT2D eigenvalue weighted by Gasteiger charge is 2.50. The van der Waals surface area contributed by atoms with Crippen LogP contribution in [0.3, 0.4) is 0 Å². The molecule has 44 heavy (non-hydrogen) atoms. The topological polar surface area (TPSA) is 18.7 Å². The molecule has 0 spiro atoms. The van der Waals surface area contributed by atoms with Gasteiger partial charge >= 0.3 is 7.04 Å². The van der Waals surface area contributed by atoms with Gasteiger partial charge < -0.3 is 27.6 Å². The van der Waals surface area contributed by atoms with Crippen LogP contribution < -0.4 is 14.5 Å². The quantitative estimate of drug-likeness (QED) is 0.175. The summed E-state index contributed by atoms with van der Waals surface area (Å²) in [7, 11) is -4.39. The molecule has 0 N–H and O–H groups in total. The second-order valence-corrected chi connectivity index (χ2v) is 10.5. The zero-order chi connectivity index (χ0) is 29.9. The first-order valence-electron chi connectivity index (χ1n) is 14.4. The van der Waals surface area contributed by atoms with E-state index >= 15 is 8.63 Å². The van der Waals surface area contributed by atoms with Gasteiger partial charge in [-0.2, -0.15) is 0 Å². The molecule has 0 fully saturated rings. The number of anilines is 6. The molecule has 0 saturated carbocycles. The molecule has 6 aromatic rings. The minimum atomic E-state index is -4.39. The van der Waals surface area contributed by atoms with Gasteiger partial charge in [-0.3, -0.25) is 0 Å². The molecule has 0 aliphatic carbocycles. The third-order valence-corrected chi connectivity index (χ3v) is 7.59. The normalized spacial score (nSPS) is 13.3. The van der Waals surface area contributed by atoms with Crippen molar-refractivity contribution in [1.29, 1.82) is 0 Å². The largest absolute Gasteiger partial charge is 0.834 e. The second kappa shape index (κ2) is 11.5. The van der Waals surface area contributed by atoms with Crippen molar-refractivity contribution in [3.05, 3.63) is 169 Å². The summed E-state index contributed by atoms with van der Waals surface area (Å²) in [6.45, 7) is 0. The number of rotatable bonds is 7. The molecule has 0 saturated heterocycles. The van der Waals surface area contributed by atoms with Gasteiger partial charge in [-0.15, -0.1) is 0 Å². The Bertz CT molecular complexity index is 1830. The van der Waals surface area contributed by atoms with Gasteiger partial charge in [0.15, 0.2) is 5.69 Å². The number of hydrogen-bond acceptors (Lipinski definition) is 3. The number of benzene rings is 6. The van der Waals surface area contributed by atoms with E-state index in [2.05, 4.69) is 4.90 Å². The van der Waals surface area contributed by atoms with Crippen molar-refractivity contribution in [1.82, 2.24) is 0 Å². The number of nitrogens with zero attached hydrogens (tertiary/aromatic N) is 3. The van der Waals surface area contributed by atoms with E-state index in [1.807, 2.05) is 150 Å². The SMILES string of the molecule is F[B-]1(F)Oc2cc(N(c3ccccc3)c3ccccc3)ccc2C=[N+]1c1ccc(N(c2ccccc2)c2ccccc2)cc1. The molecule has 0 bridgehead atoms. The zero-order valence-electron chi connectivity index (χ0n) is 23.7. The molecular weight excluding hydrogens is 551 g/mol. The van der Waals surface area contributed by atoms with E-state index in [1.165, 1.54) is 6.21 Å². The Labute approximate surface area is 255 Å². The van der Waals surface area contributed by atoms with Crippen LogP contribution in [0.1, 0.15) is 5.56 Å². The van der Waals surface area contributed by atoms with E-state index in [0.717, 1.165) is 38.6 Å². The maximum absolute atomic E-state index is 15.7. The predicted octanol–water partition coefficient (Wildman–Crippen LogP) is 10.2. The summed E-state index contributed by atoms with van der Waals surface area (Å²) >= 11 is 0. The molecule has 4 nitrogen and oxygen atoms in total. The highest BCUT2D eigenvalue weighted by molar-refractivity contribution is 6.53. The molecule has 1 heterocycles. The smallest absolute Gasteiger partial charge is 0.599 e. The van der Waals surface area contributed by atoms with Crippen LogP contribution in [-0.2, 0) is 0 Å². The van der Waals surface area contributed by atoms with Crippen LogP contribution in [0.5, 0.6) is 5.75 Å². The number of hydrogen-bond donors (Lipinski definition) is 0. The average Bonchev–Trinajstić information content (AvgIpc) is 3.07. The summed E-state index contributed by atoms with van der Waals surface area (Å²) in [6.07, 6.45) is 1.47. The average molecular weight is 579 g/mol. The summed E-state index contributed by atoms with van der Waals surface area (Å²) in [4.78, 5) is 4.11. The first kappa shape index (κ1) is 27.2. The Kier molecular flexibility index (Phi) is 7.12. The van der Waals surface area contributed by atoms with E-state index in [0.29, 0.717) is 11.3 Å². The van der Waals surface area contributed by atoms with Crippen molar-refractivity contribution >= 4 is 53.1 Å². The van der Waals surface area contributed by atoms with Crippen LogP contribution in [0.25, 0.3) is 0 Å². The summed E-state index contributed by atoms with van der Waals surface area (Å²) < 4.78 is 37.8. The Morgan fingerprint density at radius 1 is 0.455 bits per heavy atom. The highest BCUT2D eigenvalue weighted by atomic mass is 19.3. The zero-order valence-corrected chi connectivity index (χ0v) is 23.7. The summed E-state index contributed by atoms with van der Waals surface area (Å²) in [5.74, 6) is 0.136. The molecule has 1 aliphatic rings. The Morgan fingerprint density at radius 3 is 1.30 bits per heavy atom. The van der Waals surface area contributed by atoms with Crippen molar-refractivity contribution in [2.45, 2.75) is 0 Å². The molecule has 214 valence electrons. The van der Waals surface area contributed by atoms with Gasteiger partial charge in [0.1, 0.15) is 6.21 Å². The fourth-order valence-corrected chi connectivity index (χ4v) is 5.54. The fraction of sp³-hybridized carbons (Fsp3) is 0. The van der Waals surface area contributed by atoms with Crippen LogP contribution in [0.2, 0.25) is 0 Å². The van der Waals surface area contributed by atoms with E-state index in [-0.39, 0.29) is 5.75 Å². The molecule has 1 aliphatic heterocycles. The summed E-state index contributed by atoms with van der Waals surface area (Å²) in [6, 6.07) is 52.1. The van der Waals surface area contributed by atoms with Crippen LogP contribution in [0.4, 0.5) is 48.4 Å². The van der Waals surface area contributed by atoms with Crippen LogP contribution in [0.15, 0.2) is 164 Å². The van der Waals surface area contributed by atoms with Crippen molar-refractivity contribution in [3.63, 3.8) is 0 Å². The third kappa shape index (κ3) is 5.31. The van der Waals surface area contributed by atoms with Crippen molar-refractivity contribution in [2.24, 2.45) is 0 Å². The van der Waals surface area contributed by atoms with Gasteiger partial charge in [-0.1, -0.05) is 72.8 Å². The Balaban J connectivity index is 1.24. The lowest BCUT2D eigenvalue weighted by atomic mass is 9.97. The summed E-state index contributed by atoms with van der Waals surface area (Å²) in [5, 5.41) is 0. The number of halogens is 2. The second-order valence-electron chi connectivity index (χ2n) is 10.5. The van der Waals surface area contributed by atoms with Gasteiger partial charge in [-0.05, 0) is 72.8 Å². The van der Waals surface area contributed by atoms with Crippen LogP contribution >= 0.6 is 0 Å². The van der Waals surface area contributed by atoms with Gasteiger partial charge in [0.05, 0.1) is 11.3 Å².